The van der Waals surface area contributed by atoms with Gasteiger partial charge in [0.25, 0.3) is 5.91 Å². The van der Waals surface area contributed by atoms with Crippen LogP contribution in [0.1, 0.15) is 34.8 Å². The second-order valence-electron chi connectivity index (χ2n) is 7.11. The van der Waals surface area contributed by atoms with Crippen molar-refractivity contribution in [1.82, 2.24) is 15.6 Å². The predicted octanol–water partition coefficient (Wildman–Crippen LogP) is 4.18. The van der Waals surface area contributed by atoms with Gasteiger partial charge in [0.2, 0.25) is 5.89 Å². The van der Waals surface area contributed by atoms with Gasteiger partial charge in [0.05, 0.1) is 5.56 Å². The van der Waals surface area contributed by atoms with Crippen LogP contribution >= 0.6 is 0 Å². The van der Waals surface area contributed by atoms with E-state index in [1.165, 1.54) is 12.1 Å². The molecule has 3 aromatic rings. The number of urea groups is 1. The molecule has 3 rings (SSSR count). The third-order valence-corrected chi connectivity index (χ3v) is 4.68. The van der Waals surface area contributed by atoms with Crippen molar-refractivity contribution < 1.29 is 40.7 Å². The number of ether oxygens (including phenoxy) is 1. The van der Waals surface area contributed by atoms with Crippen molar-refractivity contribution in [2.45, 2.75) is 19.1 Å². The number of aromatic nitrogens is 1. The zero-order valence-corrected chi connectivity index (χ0v) is 18.1. The summed E-state index contributed by atoms with van der Waals surface area (Å²) in [5.74, 6) is -4.46. The van der Waals surface area contributed by atoms with Gasteiger partial charge in [-0.2, -0.15) is 13.2 Å². The molecular formula is C22H19F5N4O4. The second-order valence-corrected chi connectivity index (χ2v) is 7.11. The van der Waals surface area contributed by atoms with Gasteiger partial charge in [-0.25, -0.2) is 18.6 Å². The maximum Gasteiger partial charge on any atom is 0.416 e. The standard InChI is InChI=1S/C22H19F5N4O4/c1-2-29-21(33)31-15(10-34-16-8-7-13(23)17(18(16)24)19(28)32)20-30-14(9-35-20)11-3-5-12(6-4-11)22(25,26)27/h3-9,15H,2,10H2,1H3,(H2,28,32)(H2,29,31,33). The highest BCUT2D eigenvalue weighted by atomic mass is 19.4. The van der Waals surface area contributed by atoms with Crippen molar-refractivity contribution in [3.8, 4) is 17.0 Å². The zero-order valence-electron chi connectivity index (χ0n) is 18.1. The third-order valence-electron chi connectivity index (χ3n) is 4.68. The summed E-state index contributed by atoms with van der Waals surface area (Å²) in [6.07, 6.45) is -3.34. The molecule has 1 unspecified atom stereocenters. The summed E-state index contributed by atoms with van der Waals surface area (Å²) in [6, 6.07) is 4.13. The molecule has 0 spiro atoms. The van der Waals surface area contributed by atoms with Crippen molar-refractivity contribution in [2.75, 3.05) is 13.2 Å². The van der Waals surface area contributed by atoms with E-state index in [2.05, 4.69) is 15.6 Å². The Bertz CT molecular complexity index is 1210. The molecule has 3 amide bonds. The molecular weight excluding hydrogens is 479 g/mol. The van der Waals surface area contributed by atoms with Crippen molar-refractivity contribution in [3.05, 3.63) is 71.3 Å². The quantitative estimate of drug-likeness (QED) is 0.403. The van der Waals surface area contributed by atoms with E-state index >= 15 is 0 Å². The maximum atomic E-state index is 14.5. The van der Waals surface area contributed by atoms with Crippen molar-refractivity contribution in [3.63, 3.8) is 0 Å². The van der Waals surface area contributed by atoms with Crippen LogP contribution in [0.25, 0.3) is 11.3 Å². The summed E-state index contributed by atoms with van der Waals surface area (Å²) in [5, 5.41) is 4.98. The first kappa shape index (κ1) is 25.5. The van der Waals surface area contributed by atoms with Crippen LogP contribution < -0.4 is 21.1 Å². The molecule has 0 aliphatic rings. The van der Waals surface area contributed by atoms with Crippen LogP contribution in [-0.2, 0) is 6.18 Å². The highest BCUT2D eigenvalue weighted by Gasteiger charge is 2.30. The number of primary amides is 1. The van der Waals surface area contributed by atoms with Crippen molar-refractivity contribution >= 4 is 11.9 Å². The maximum absolute atomic E-state index is 14.5. The molecule has 0 saturated heterocycles. The Balaban J connectivity index is 1.85. The van der Waals surface area contributed by atoms with Crippen LogP contribution in [0.5, 0.6) is 5.75 Å². The molecule has 13 heteroatoms. The number of carbonyl (C=O) groups excluding carboxylic acids is 2. The summed E-state index contributed by atoms with van der Waals surface area (Å²) in [6.45, 7) is 1.47. The Morgan fingerprint density at radius 1 is 1.14 bits per heavy atom. The first-order valence-electron chi connectivity index (χ1n) is 10.1. The average molecular weight is 498 g/mol. The lowest BCUT2D eigenvalue weighted by atomic mass is 10.1. The molecule has 0 saturated carbocycles. The van der Waals surface area contributed by atoms with Crippen LogP contribution in [0, 0.1) is 11.6 Å². The summed E-state index contributed by atoms with van der Waals surface area (Å²) in [5.41, 5.74) is 3.64. The highest BCUT2D eigenvalue weighted by molar-refractivity contribution is 5.93. The average Bonchev–Trinajstić information content (AvgIpc) is 3.27. The summed E-state index contributed by atoms with van der Waals surface area (Å²) < 4.78 is 77.3. The number of rotatable bonds is 8. The predicted molar refractivity (Wildman–Crippen MR) is 112 cm³/mol. The summed E-state index contributed by atoms with van der Waals surface area (Å²) in [7, 11) is 0. The van der Waals surface area contributed by atoms with E-state index in [1.54, 1.807) is 6.92 Å². The monoisotopic (exact) mass is 498 g/mol. The fourth-order valence-electron chi connectivity index (χ4n) is 3.00. The molecule has 35 heavy (non-hydrogen) atoms. The minimum atomic E-state index is -4.50. The van der Waals surface area contributed by atoms with Crippen molar-refractivity contribution in [1.29, 1.82) is 0 Å². The van der Waals surface area contributed by atoms with E-state index in [4.69, 9.17) is 14.9 Å². The smallest absolute Gasteiger partial charge is 0.416 e. The highest BCUT2D eigenvalue weighted by Crippen LogP contribution is 2.31. The summed E-state index contributed by atoms with van der Waals surface area (Å²) in [4.78, 5) is 27.6. The number of nitrogens with two attached hydrogens (primary N) is 1. The van der Waals surface area contributed by atoms with Gasteiger partial charge in [-0.15, -0.1) is 0 Å². The Kier molecular flexibility index (Phi) is 7.57. The molecule has 1 aromatic heterocycles. The Morgan fingerprint density at radius 2 is 1.83 bits per heavy atom. The van der Waals surface area contributed by atoms with Crippen LogP contribution in [0.2, 0.25) is 0 Å². The normalized spacial score (nSPS) is 12.2. The Hall–Kier alpha value is -4.16. The first-order valence-corrected chi connectivity index (χ1v) is 10.1. The van der Waals surface area contributed by atoms with E-state index in [9.17, 15) is 31.5 Å². The van der Waals surface area contributed by atoms with E-state index in [0.29, 0.717) is 5.56 Å². The fourth-order valence-corrected chi connectivity index (χ4v) is 3.00. The third kappa shape index (κ3) is 6.05. The number of hydrogen-bond acceptors (Lipinski definition) is 5. The largest absolute Gasteiger partial charge is 0.488 e. The molecule has 0 aliphatic carbocycles. The number of halogens is 5. The Labute approximate surface area is 195 Å². The van der Waals surface area contributed by atoms with Crippen LogP contribution in [0.4, 0.5) is 26.7 Å². The minimum absolute atomic E-state index is 0.108. The van der Waals surface area contributed by atoms with E-state index < -0.39 is 59.3 Å². The Morgan fingerprint density at radius 3 is 2.43 bits per heavy atom. The van der Waals surface area contributed by atoms with Gasteiger partial charge in [-0.05, 0) is 31.2 Å². The number of alkyl halides is 3. The molecule has 2 aromatic carbocycles. The van der Waals surface area contributed by atoms with Gasteiger partial charge >= 0.3 is 12.2 Å². The van der Waals surface area contributed by atoms with Crippen LogP contribution in [0.15, 0.2) is 47.1 Å². The van der Waals surface area contributed by atoms with Gasteiger partial charge in [0.1, 0.15) is 36.0 Å². The molecule has 4 N–H and O–H groups in total. The van der Waals surface area contributed by atoms with Gasteiger partial charge in [0, 0.05) is 12.1 Å². The molecule has 1 heterocycles. The van der Waals surface area contributed by atoms with E-state index in [1.807, 2.05) is 0 Å². The van der Waals surface area contributed by atoms with Gasteiger partial charge < -0.3 is 25.5 Å². The van der Waals surface area contributed by atoms with E-state index in [-0.39, 0.29) is 18.1 Å². The molecule has 0 radical (unpaired) electrons. The number of nitrogens with one attached hydrogen (secondary N) is 2. The lowest BCUT2D eigenvalue weighted by Crippen LogP contribution is -2.40. The minimum Gasteiger partial charge on any atom is -0.488 e. The SMILES string of the molecule is CCNC(=O)NC(COc1ccc(F)c(C(N)=O)c1F)c1nc(-c2ccc(C(F)(F)F)cc2)co1. The summed E-state index contributed by atoms with van der Waals surface area (Å²) >= 11 is 0. The van der Waals surface area contributed by atoms with E-state index in [0.717, 1.165) is 30.5 Å². The fraction of sp³-hybridized carbons (Fsp3) is 0.227. The van der Waals surface area contributed by atoms with Gasteiger partial charge in [0.15, 0.2) is 11.6 Å². The van der Waals surface area contributed by atoms with Crippen molar-refractivity contribution in [2.24, 2.45) is 5.73 Å². The molecule has 8 nitrogen and oxygen atoms in total. The molecule has 0 bridgehead atoms. The molecule has 0 fully saturated rings. The number of carbonyl (C=O) groups is 2. The molecule has 0 aliphatic heterocycles. The zero-order chi connectivity index (χ0) is 25.8. The van der Waals surface area contributed by atoms with Crippen LogP contribution in [0.3, 0.4) is 0 Å². The number of nitrogens with zero attached hydrogens (tertiary/aromatic N) is 1. The second kappa shape index (κ2) is 10.4. The number of hydrogen-bond donors (Lipinski definition) is 3. The molecule has 186 valence electrons. The topological polar surface area (TPSA) is 119 Å². The first-order chi connectivity index (χ1) is 16.5. The lowest BCUT2D eigenvalue weighted by Gasteiger charge is -2.17. The number of amides is 3. The number of benzene rings is 2. The van der Waals surface area contributed by atoms with Gasteiger partial charge in [-0.3, -0.25) is 4.79 Å². The number of oxazole rings is 1. The molecule has 1 atom stereocenters. The van der Waals surface area contributed by atoms with Gasteiger partial charge in [-0.1, -0.05) is 12.1 Å². The van der Waals surface area contributed by atoms with Crippen LogP contribution in [-0.4, -0.2) is 30.1 Å². The lowest BCUT2D eigenvalue weighted by molar-refractivity contribution is -0.137.